The van der Waals surface area contributed by atoms with E-state index in [1.807, 2.05) is 20.8 Å². The second kappa shape index (κ2) is 8.88. The van der Waals surface area contributed by atoms with Crippen molar-refractivity contribution in [2.45, 2.75) is 31.1 Å². The molecule has 2 aromatic carbocycles. The van der Waals surface area contributed by atoms with Crippen LogP contribution in [0, 0.1) is 5.82 Å². The molecule has 32 heavy (non-hydrogen) atoms. The van der Waals surface area contributed by atoms with E-state index in [2.05, 4.69) is 10.3 Å². The van der Waals surface area contributed by atoms with Crippen molar-refractivity contribution in [3.05, 3.63) is 76.8 Å². The number of nitrogens with one attached hydrogen (secondary N) is 1. The smallest absolute Gasteiger partial charge is 0.259 e. The predicted octanol–water partition coefficient (Wildman–Crippen LogP) is 5.62. The number of nitrogens with zero attached hydrogens (tertiary/aromatic N) is 1. The molecule has 0 aliphatic heterocycles. The van der Waals surface area contributed by atoms with Gasteiger partial charge in [-0.25, -0.2) is 12.8 Å². The number of amides is 1. The first kappa shape index (κ1) is 23.7. The van der Waals surface area contributed by atoms with Crippen molar-refractivity contribution in [1.29, 1.82) is 0 Å². The molecule has 0 saturated heterocycles. The Morgan fingerprint density at radius 1 is 1.06 bits per heavy atom. The van der Waals surface area contributed by atoms with Gasteiger partial charge in [0.15, 0.2) is 9.84 Å². The zero-order valence-corrected chi connectivity index (χ0v) is 19.5. The van der Waals surface area contributed by atoms with Gasteiger partial charge in [-0.2, -0.15) is 0 Å². The molecule has 1 heterocycles. The number of aromatic nitrogens is 1. The van der Waals surface area contributed by atoms with Gasteiger partial charge in [0, 0.05) is 12.5 Å². The molecule has 9 heteroatoms. The maximum Gasteiger partial charge on any atom is 0.259 e. The van der Waals surface area contributed by atoms with Crippen molar-refractivity contribution < 1.29 is 22.3 Å². The third kappa shape index (κ3) is 5.63. The second-order valence-electron chi connectivity index (χ2n) is 8.27. The fourth-order valence-corrected chi connectivity index (χ4v) is 3.62. The quantitative estimate of drug-likeness (QED) is 0.516. The first-order valence-electron chi connectivity index (χ1n) is 9.58. The molecule has 0 bridgehead atoms. The summed E-state index contributed by atoms with van der Waals surface area (Å²) in [6.07, 6.45) is 3.60. The van der Waals surface area contributed by atoms with Gasteiger partial charge in [-0.05, 0) is 47.4 Å². The summed E-state index contributed by atoms with van der Waals surface area (Å²) >= 11 is 6.10. The summed E-state index contributed by atoms with van der Waals surface area (Å²) in [6, 6.07) is 10.2. The molecule has 0 radical (unpaired) electrons. The Balaban J connectivity index is 2.00. The molecular weight excluding hydrogens is 455 g/mol. The molecule has 0 fully saturated rings. The van der Waals surface area contributed by atoms with Crippen LogP contribution in [-0.2, 0) is 15.3 Å². The molecule has 0 aliphatic rings. The molecule has 168 valence electrons. The van der Waals surface area contributed by atoms with E-state index < -0.39 is 21.6 Å². The van der Waals surface area contributed by atoms with Crippen LogP contribution in [0.2, 0.25) is 5.02 Å². The monoisotopic (exact) mass is 476 g/mol. The van der Waals surface area contributed by atoms with Gasteiger partial charge in [0.1, 0.15) is 17.3 Å². The topological polar surface area (TPSA) is 85.4 Å². The highest BCUT2D eigenvalue weighted by Gasteiger charge is 2.21. The second-order valence-corrected chi connectivity index (χ2v) is 10.7. The van der Waals surface area contributed by atoms with Crippen LogP contribution in [0.15, 0.2) is 59.8 Å². The van der Waals surface area contributed by atoms with Gasteiger partial charge in [0.25, 0.3) is 5.91 Å². The van der Waals surface area contributed by atoms with E-state index in [1.54, 1.807) is 18.2 Å². The average Bonchev–Trinajstić information content (AvgIpc) is 2.69. The number of pyridine rings is 1. The van der Waals surface area contributed by atoms with Crippen molar-refractivity contribution in [2.24, 2.45) is 0 Å². The van der Waals surface area contributed by atoms with Crippen LogP contribution in [-0.4, -0.2) is 25.6 Å². The maximum atomic E-state index is 13.4. The van der Waals surface area contributed by atoms with Gasteiger partial charge in [-0.3, -0.25) is 9.78 Å². The van der Waals surface area contributed by atoms with E-state index in [1.165, 1.54) is 30.6 Å². The van der Waals surface area contributed by atoms with Crippen molar-refractivity contribution >= 4 is 33.0 Å². The highest BCUT2D eigenvalue weighted by molar-refractivity contribution is 7.90. The fourth-order valence-electron chi connectivity index (χ4n) is 2.83. The number of rotatable bonds is 5. The highest BCUT2D eigenvalue weighted by Crippen LogP contribution is 2.35. The zero-order chi connectivity index (χ0) is 23.7. The number of hydrogen-bond acceptors (Lipinski definition) is 5. The molecule has 6 nitrogen and oxygen atoms in total. The third-order valence-corrected chi connectivity index (χ3v) is 5.98. The average molecular weight is 477 g/mol. The molecule has 1 amide bonds. The van der Waals surface area contributed by atoms with Crippen LogP contribution in [0.1, 0.15) is 36.7 Å². The van der Waals surface area contributed by atoms with Crippen LogP contribution in [0.4, 0.5) is 10.1 Å². The maximum absolute atomic E-state index is 13.4. The van der Waals surface area contributed by atoms with E-state index in [9.17, 15) is 17.6 Å². The van der Waals surface area contributed by atoms with Crippen LogP contribution < -0.4 is 10.1 Å². The molecule has 0 spiro atoms. The van der Waals surface area contributed by atoms with Crippen molar-refractivity contribution in [1.82, 2.24) is 4.98 Å². The first-order valence-corrected chi connectivity index (χ1v) is 11.9. The largest absolute Gasteiger partial charge is 0.455 e. The summed E-state index contributed by atoms with van der Waals surface area (Å²) in [7, 11) is -3.49. The minimum absolute atomic E-state index is 0.0204. The summed E-state index contributed by atoms with van der Waals surface area (Å²) in [5, 5.41) is 2.70. The number of hydrogen-bond donors (Lipinski definition) is 1. The molecule has 0 saturated carbocycles. The number of anilines is 1. The van der Waals surface area contributed by atoms with Crippen LogP contribution in [0.3, 0.4) is 0 Å². The molecule has 3 aromatic rings. The number of benzene rings is 2. The van der Waals surface area contributed by atoms with Gasteiger partial charge in [0.05, 0.1) is 27.4 Å². The minimum Gasteiger partial charge on any atom is -0.455 e. The zero-order valence-electron chi connectivity index (χ0n) is 17.9. The number of halogens is 2. The van der Waals surface area contributed by atoms with E-state index >= 15 is 0 Å². The van der Waals surface area contributed by atoms with E-state index in [0.29, 0.717) is 0 Å². The SMILES string of the molecule is CC(C)(C)c1ccc(C(=O)Nc2cncc(S(C)(=O)=O)c2)c(Oc2ccc(F)cc2Cl)c1. The van der Waals surface area contributed by atoms with Crippen LogP contribution >= 0.6 is 11.6 Å². The lowest BCUT2D eigenvalue weighted by atomic mass is 9.86. The minimum atomic E-state index is -3.49. The molecular formula is C23H22ClFN2O4S. The number of carbonyl (C=O) groups excluding carboxylic acids is 1. The Morgan fingerprint density at radius 3 is 2.41 bits per heavy atom. The van der Waals surface area contributed by atoms with Gasteiger partial charge >= 0.3 is 0 Å². The molecule has 1 aromatic heterocycles. The lowest BCUT2D eigenvalue weighted by Crippen LogP contribution is -2.16. The van der Waals surface area contributed by atoms with Crippen molar-refractivity contribution in [3.63, 3.8) is 0 Å². The van der Waals surface area contributed by atoms with Crippen LogP contribution in [0.5, 0.6) is 11.5 Å². The van der Waals surface area contributed by atoms with E-state index in [4.69, 9.17) is 16.3 Å². The van der Waals surface area contributed by atoms with E-state index in [0.717, 1.165) is 17.9 Å². The summed E-state index contributed by atoms with van der Waals surface area (Å²) < 4.78 is 42.9. The lowest BCUT2D eigenvalue weighted by molar-refractivity contribution is 0.102. The Hall–Kier alpha value is -2.97. The summed E-state index contributed by atoms with van der Waals surface area (Å²) in [6.45, 7) is 6.04. The normalized spacial score (nSPS) is 11.8. The summed E-state index contributed by atoms with van der Waals surface area (Å²) in [5.74, 6) is -0.641. The molecule has 0 unspecified atom stereocenters. The van der Waals surface area contributed by atoms with Crippen molar-refractivity contribution in [3.8, 4) is 11.5 Å². The number of ether oxygens (including phenoxy) is 1. The predicted molar refractivity (Wildman–Crippen MR) is 122 cm³/mol. The lowest BCUT2D eigenvalue weighted by Gasteiger charge is -2.21. The summed E-state index contributed by atoms with van der Waals surface area (Å²) in [5.41, 5.74) is 1.07. The standard InChI is InChI=1S/C23H22ClFN2O4S/c1-23(2,3)14-5-7-18(21(9-14)31-20-8-6-15(25)10-19(20)24)22(28)27-16-11-17(13-26-12-16)32(4,29)30/h5-13H,1-4H3,(H,27,28). The van der Waals surface area contributed by atoms with Gasteiger partial charge in [-0.15, -0.1) is 0 Å². The fraction of sp³-hybridized carbons (Fsp3) is 0.217. The Bertz CT molecular complexity index is 1290. The highest BCUT2D eigenvalue weighted by atomic mass is 35.5. The van der Waals surface area contributed by atoms with Gasteiger partial charge < -0.3 is 10.1 Å². The molecule has 0 aliphatic carbocycles. The number of carbonyl (C=O) groups is 1. The van der Waals surface area contributed by atoms with E-state index in [-0.39, 0.29) is 38.1 Å². The van der Waals surface area contributed by atoms with Gasteiger partial charge in [0.2, 0.25) is 0 Å². The van der Waals surface area contributed by atoms with Crippen LogP contribution in [0.25, 0.3) is 0 Å². The van der Waals surface area contributed by atoms with Gasteiger partial charge in [-0.1, -0.05) is 38.4 Å². The Labute approximate surface area is 191 Å². The Morgan fingerprint density at radius 2 is 1.78 bits per heavy atom. The number of sulfone groups is 1. The van der Waals surface area contributed by atoms with Crippen molar-refractivity contribution in [2.75, 3.05) is 11.6 Å². The summed E-state index contributed by atoms with van der Waals surface area (Å²) in [4.78, 5) is 16.9. The molecule has 3 rings (SSSR count). The molecule has 1 N–H and O–H groups in total. The first-order chi connectivity index (χ1) is 14.8. The molecule has 0 atom stereocenters. The third-order valence-electron chi connectivity index (χ3n) is 4.61. The Kier molecular flexibility index (Phi) is 6.57.